The lowest BCUT2D eigenvalue weighted by Gasteiger charge is -2.09. The van der Waals surface area contributed by atoms with E-state index in [-0.39, 0.29) is 5.82 Å². The van der Waals surface area contributed by atoms with Gasteiger partial charge >= 0.3 is 0 Å². The van der Waals surface area contributed by atoms with Crippen molar-refractivity contribution < 1.29 is 13.9 Å². The lowest BCUT2D eigenvalue weighted by atomic mass is 9.98. The Kier molecular flexibility index (Phi) is 3.42. The van der Waals surface area contributed by atoms with Gasteiger partial charge in [0, 0.05) is 0 Å². The van der Waals surface area contributed by atoms with Crippen molar-refractivity contribution in [2.75, 3.05) is 7.11 Å². The first kappa shape index (κ1) is 12.3. The van der Waals surface area contributed by atoms with Crippen LogP contribution in [0.5, 0.6) is 5.75 Å². The maximum Gasteiger partial charge on any atom is 0.153 e. The van der Waals surface area contributed by atoms with E-state index < -0.39 is 0 Å². The summed E-state index contributed by atoms with van der Waals surface area (Å²) in [4.78, 5) is 11.0. The molecule has 0 saturated carbocycles. The molecule has 0 aliphatic carbocycles. The van der Waals surface area contributed by atoms with Gasteiger partial charge in [0.05, 0.1) is 12.7 Å². The Morgan fingerprint density at radius 2 is 1.94 bits per heavy atom. The number of methoxy groups -OCH3 is 1. The highest BCUT2D eigenvalue weighted by Crippen LogP contribution is 2.28. The van der Waals surface area contributed by atoms with Crippen molar-refractivity contribution in [3.63, 3.8) is 0 Å². The first-order chi connectivity index (χ1) is 8.65. The molecule has 0 atom stereocenters. The van der Waals surface area contributed by atoms with Gasteiger partial charge in [0.1, 0.15) is 11.6 Å². The van der Waals surface area contributed by atoms with Crippen LogP contribution in [0.3, 0.4) is 0 Å². The predicted molar refractivity (Wildman–Crippen MR) is 68.5 cm³/mol. The van der Waals surface area contributed by atoms with Crippen molar-refractivity contribution in [2.45, 2.75) is 6.92 Å². The Morgan fingerprint density at radius 1 is 1.17 bits per heavy atom. The fraction of sp³-hybridized carbons (Fsp3) is 0.133. The lowest BCUT2D eigenvalue weighted by molar-refractivity contribution is 0.112. The summed E-state index contributed by atoms with van der Waals surface area (Å²) in [6.07, 6.45) is 0.733. The lowest BCUT2D eigenvalue weighted by Crippen LogP contribution is -1.92. The average molecular weight is 244 g/mol. The summed E-state index contributed by atoms with van der Waals surface area (Å²) in [7, 11) is 1.51. The van der Waals surface area contributed by atoms with Crippen molar-refractivity contribution in [1.82, 2.24) is 0 Å². The fourth-order valence-corrected chi connectivity index (χ4v) is 1.90. The Morgan fingerprint density at radius 3 is 2.61 bits per heavy atom. The highest BCUT2D eigenvalue weighted by molar-refractivity contribution is 5.83. The first-order valence-electron chi connectivity index (χ1n) is 5.55. The van der Waals surface area contributed by atoms with Gasteiger partial charge in [-0.3, -0.25) is 4.79 Å². The van der Waals surface area contributed by atoms with E-state index in [1.165, 1.54) is 19.2 Å². The van der Waals surface area contributed by atoms with Crippen LogP contribution >= 0.6 is 0 Å². The van der Waals surface area contributed by atoms with Crippen LogP contribution in [-0.2, 0) is 0 Å². The van der Waals surface area contributed by atoms with E-state index in [2.05, 4.69) is 0 Å². The van der Waals surface area contributed by atoms with E-state index in [1.807, 2.05) is 13.0 Å². The second-order valence-corrected chi connectivity index (χ2v) is 4.03. The van der Waals surface area contributed by atoms with Gasteiger partial charge in [0.15, 0.2) is 6.29 Å². The SMILES string of the molecule is COc1ccc(-c2cc(F)ccc2C)cc1C=O. The Hall–Kier alpha value is -2.16. The van der Waals surface area contributed by atoms with Crippen molar-refractivity contribution in [1.29, 1.82) is 0 Å². The summed E-state index contributed by atoms with van der Waals surface area (Å²) in [6.45, 7) is 1.90. The molecule has 18 heavy (non-hydrogen) atoms. The topological polar surface area (TPSA) is 26.3 Å². The van der Waals surface area contributed by atoms with Crippen LogP contribution in [0, 0.1) is 12.7 Å². The molecule has 0 fully saturated rings. The van der Waals surface area contributed by atoms with Crippen LogP contribution in [0.2, 0.25) is 0 Å². The zero-order chi connectivity index (χ0) is 13.1. The van der Waals surface area contributed by atoms with Crippen LogP contribution in [-0.4, -0.2) is 13.4 Å². The molecule has 0 radical (unpaired) electrons. The maximum absolute atomic E-state index is 13.3. The van der Waals surface area contributed by atoms with Crippen molar-refractivity contribution >= 4 is 6.29 Å². The van der Waals surface area contributed by atoms with E-state index in [9.17, 15) is 9.18 Å². The number of aryl methyl sites for hydroxylation is 1. The number of ether oxygens (including phenoxy) is 1. The molecule has 2 rings (SSSR count). The Bertz CT molecular complexity index is 591. The van der Waals surface area contributed by atoms with Crippen molar-refractivity contribution in [3.05, 3.63) is 53.3 Å². The molecule has 2 nitrogen and oxygen atoms in total. The normalized spacial score (nSPS) is 10.2. The molecule has 0 unspecified atom stereocenters. The third-order valence-electron chi connectivity index (χ3n) is 2.87. The number of rotatable bonds is 3. The molecule has 0 aromatic heterocycles. The number of carbonyl (C=O) groups is 1. The molecule has 0 heterocycles. The van der Waals surface area contributed by atoms with Crippen LogP contribution in [0.25, 0.3) is 11.1 Å². The molecule has 3 heteroatoms. The molecule has 2 aromatic rings. The second kappa shape index (κ2) is 5.00. The highest BCUT2D eigenvalue weighted by Gasteiger charge is 2.08. The monoisotopic (exact) mass is 244 g/mol. The number of halogens is 1. The third kappa shape index (κ3) is 2.25. The van der Waals surface area contributed by atoms with Gasteiger partial charge in [0.25, 0.3) is 0 Å². The van der Waals surface area contributed by atoms with Crippen molar-refractivity contribution in [2.24, 2.45) is 0 Å². The molecule has 0 N–H and O–H groups in total. The number of carbonyl (C=O) groups excluding carboxylic acids is 1. The smallest absolute Gasteiger partial charge is 0.153 e. The molecule has 0 bridgehead atoms. The van der Waals surface area contributed by atoms with Crippen LogP contribution < -0.4 is 4.74 Å². The molecule has 0 spiro atoms. The minimum Gasteiger partial charge on any atom is -0.496 e. The molecule has 0 saturated heterocycles. The van der Waals surface area contributed by atoms with Gasteiger partial charge in [-0.2, -0.15) is 0 Å². The number of aldehydes is 1. The second-order valence-electron chi connectivity index (χ2n) is 4.03. The summed E-state index contributed by atoms with van der Waals surface area (Å²) < 4.78 is 18.3. The Labute approximate surface area is 105 Å². The molecule has 0 amide bonds. The van der Waals surface area contributed by atoms with Crippen LogP contribution in [0.15, 0.2) is 36.4 Å². The highest BCUT2D eigenvalue weighted by atomic mass is 19.1. The van der Waals surface area contributed by atoms with E-state index in [0.29, 0.717) is 11.3 Å². The quantitative estimate of drug-likeness (QED) is 0.771. The summed E-state index contributed by atoms with van der Waals surface area (Å²) >= 11 is 0. The number of hydrogen-bond acceptors (Lipinski definition) is 2. The van der Waals surface area contributed by atoms with E-state index in [4.69, 9.17) is 4.74 Å². The summed E-state index contributed by atoms with van der Waals surface area (Å²) in [5, 5.41) is 0. The molecule has 0 aliphatic rings. The van der Waals surface area contributed by atoms with Gasteiger partial charge in [-0.25, -0.2) is 4.39 Å². The van der Waals surface area contributed by atoms with E-state index in [1.54, 1.807) is 18.2 Å². The molecule has 92 valence electrons. The summed E-state index contributed by atoms with van der Waals surface area (Å²) in [5.74, 6) is 0.224. The summed E-state index contributed by atoms with van der Waals surface area (Å²) in [5.41, 5.74) is 2.99. The zero-order valence-electron chi connectivity index (χ0n) is 10.2. The van der Waals surface area contributed by atoms with Crippen LogP contribution in [0.4, 0.5) is 4.39 Å². The van der Waals surface area contributed by atoms with Gasteiger partial charge in [-0.1, -0.05) is 12.1 Å². The van der Waals surface area contributed by atoms with E-state index >= 15 is 0 Å². The third-order valence-corrected chi connectivity index (χ3v) is 2.87. The molecule has 2 aromatic carbocycles. The van der Waals surface area contributed by atoms with Gasteiger partial charge in [-0.05, 0) is 47.9 Å². The largest absolute Gasteiger partial charge is 0.496 e. The number of hydrogen-bond donors (Lipinski definition) is 0. The first-order valence-corrected chi connectivity index (χ1v) is 5.55. The minimum atomic E-state index is -0.293. The number of benzene rings is 2. The fourth-order valence-electron chi connectivity index (χ4n) is 1.90. The molecular weight excluding hydrogens is 231 g/mol. The standard InChI is InChI=1S/C15H13FO2/c1-10-3-5-13(16)8-14(10)11-4-6-15(18-2)12(7-11)9-17/h3-9H,1-2H3. The van der Waals surface area contributed by atoms with Gasteiger partial charge < -0.3 is 4.74 Å². The zero-order valence-corrected chi connectivity index (χ0v) is 10.2. The van der Waals surface area contributed by atoms with Gasteiger partial charge in [0.2, 0.25) is 0 Å². The Balaban J connectivity index is 2.57. The van der Waals surface area contributed by atoms with Crippen molar-refractivity contribution in [3.8, 4) is 16.9 Å². The predicted octanol–water partition coefficient (Wildman–Crippen LogP) is 3.62. The maximum atomic E-state index is 13.3. The molecular formula is C15H13FO2. The summed E-state index contributed by atoms with van der Waals surface area (Å²) in [6, 6.07) is 9.83. The minimum absolute atomic E-state index is 0.293. The van der Waals surface area contributed by atoms with Gasteiger partial charge in [-0.15, -0.1) is 0 Å². The molecule has 0 aliphatic heterocycles. The van der Waals surface area contributed by atoms with E-state index in [0.717, 1.165) is 23.0 Å². The average Bonchev–Trinajstić information content (AvgIpc) is 2.40. The van der Waals surface area contributed by atoms with Crippen LogP contribution in [0.1, 0.15) is 15.9 Å².